The predicted molar refractivity (Wildman–Crippen MR) is 140 cm³/mol. The second-order valence-electron chi connectivity index (χ2n) is 10.9. The molecule has 186 valence electrons. The summed E-state index contributed by atoms with van der Waals surface area (Å²) in [7, 11) is 0. The average molecular weight is 465 g/mol. The highest BCUT2D eigenvalue weighted by Crippen LogP contribution is 2.35. The van der Waals surface area contributed by atoms with Crippen molar-refractivity contribution < 1.29 is 9.84 Å². The molecule has 34 heavy (non-hydrogen) atoms. The molecule has 4 heteroatoms. The summed E-state index contributed by atoms with van der Waals surface area (Å²) in [6.07, 6.45) is 3.58. The molecule has 4 nitrogen and oxygen atoms in total. The third-order valence-corrected chi connectivity index (χ3v) is 7.94. The van der Waals surface area contributed by atoms with Crippen LogP contribution in [0.15, 0.2) is 60.7 Å². The molecule has 0 radical (unpaired) electrons. The summed E-state index contributed by atoms with van der Waals surface area (Å²) >= 11 is 0. The Hall–Kier alpha value is -1.72. The van der Waals surface area contributed by atoms with Crippen molar-refractivity contribution in [2.75, 3.05) is 39.3 Å². The summed E-state index contributed by atoms with van der Waals surface area (Å²) in [5.41, 5.74) is 2.69. The highest BCUT2D eigenvalue weighted by Gasteiger charge is 2.32. The fraction of sp³-hybridized carbons (Fsp3) is 0.600. The fourth-order valence-electron chi connectivity index (χ4n) is 5.98. The van der Waals surface area contributed by atoms with Gasteiger partial charge in [0.25, 0.3) is 0 Å². The third-order valence-electron chi connectivity index (χ3n) is 7.94. The highest BCUT2D eigenvalue weighted by atomic mass is 16.5. The van der Waals surface area contributed by atoms with Gasteiger partial charge in [-0.05, 0) is 41.7 Å². The van der Waals surface area contributed by atoms with Gasteiger partial charge in [-0.2, -0.15) is 0 Å². The molecule has 2 aromatic rings. The molecule has 0 bridgehead atoms. The molecule has 4 rings (SSSR count). The molecular formula is C30H44N2O2. The van der Waals surface area contributed by atoms with Crippen LogP contribution in [0.3, 0.4) is 0 Å². The first-order valence-corrected chi connectivity index (χ1v) is 13.4. The normalized spacial score (nSPS) is 25.6. The number of nitrogens with zero attached hydrogens (tertiary/aromatic N) is 2. The SMILES string of the molecule is CC(C)[C@@H]1CC[C@H](C)C[C@H]1OC[C@H](O)CN1CCN(C(c2ccccc2)c2ccccc2)CC1. The lowest BCUT2D eigenvalue weighted by Gasteiger charge is -2.40. The molecule has 1 saturated heterocycles. The molecule has 1 saturated carbocycles. The summed E-state index contributed by atoms with van der Waals surface area (Å²) in [4.78, 5) is 4.99. The van der Waals surface area contributed by atoms with Gasteiger partial charge in [0.2, 0.25) is 0 Å². The van der Waals surface area contributed by atoms with Crippen molar-refractivity contribution >= 4 is 0 Å². The number of piperazine rings is 1. The summed E-state index contributed by atoms with van der Waals surface area (Å²) in [6.45, 7) is 12.1. The van der Waals surface area contributed by atoms with Crippen molar-refractivity contribution in [3.05, 3.63) is 71.8 Å². The topological polar surface area (TPSA) is 35.9 Å². The maximum atomic E-state index is 10.8. The van der Waals surface area contributed by atoms with E-state index in [-0.39, 0.29) is 6.04 Å². The van der Waals surface area contributed by atoms with E-state index in [9.17, 15) is 5.11 Å². The van der Waals surface area contributed by atoms with E-state index in [1.165, 1.54) is 24.0 Å². The van der Waals surface area contributed by atoms with E-state index in [1.54, 1.807) is 0 Å². The molecule has 1 heterocycles. The van der Waals surface area contributed by atoms with Crippen molar-refractivity contribution in [2.24, 2.45) is 17.8 Å². The van der Waals surface area contributed by atoms with Gasteiger partial charge in [-0.25, -0.2) is 0 Å². The van der Waals surface area contributed by atoms with Gasteiger partial charge in [-0.3, -0.25) is 9.80 Å². The predicted octanol–water partition coefficient (Wildman–Crippen LogP) is 5.23. The first-order chi connectivity index (χ1) is 16.5. The molecule has 1 aliphatic heterocycles. The van der Waals surface area contributed by atoms with Crippen molar-refractivity contribution in [1.82, 2.24) is 9.80 Å². The number of ether oxygens (including phenoxy) is 1. The number of aliphatic hydroxyl groups is 1. The molecule has 4 atom stereocenters. The average Bonchev–Trinajstić information content (AvgIpc) is 2.85. The van der Waals surface area contributed by atoms with Gasteiger partial charge in [-0.15, -0.1) is 0 Å². The summed E-state index contributed by atoms with van der Waals surface area (Å²) in [6, 6.07) is 21.9. The van der Waals surface area contributed by atoms with E-state index in [4.69, 9.17) is 4.74 Å². The highest BCUT2D eigenvalue weighted by molar-refractivity contribution is 5.31. The van der Waals surface area contributed by atoms with E-state index in [1.807, 2.05) is 0 Å². The molecule has 0 aromatic heterocycles. The molecule has 1 N–H and O–H groups in total. The van der Waals surface area contributed by atoms with Crippen LogP contribution in [0, 0.1) is 17.8 Å². The van der Waals surface area contributed by atoms with Crippen LogP contribution in [0.5, 0.6) is 0 Å². The van der Waals surface area contributed by atoms with Crippen molar-refractivity contribution in [2.45, 2.75) is 58.3 Å². The lowest BCUT2D eigenvalue weighted by Crippen LogP contribution is -2.50. The maximum absolute atomic E-state index is 10.8. The minimum Gasteiger partial charge on any atom is -0.389 e. The number of benzene rings is 2. The lowest BCUT2D eigenvalue weighted by molar-refractivity contribution is -0.0757. The summed E-state index contributed by atoms with van der Waals surface area (Å²) in [5.74, 6) is 2.00. The zero-order valence-corrected chi connectivity index (χ0v) is 21.4. The van der Waals surface area contributed by atoms with Gasteiger partial charge in [0.1, 0.15) is 0 Å². The Labute approximate surface area is 206 Å². The zero-order chi connectivity index (χ0) is 23.9. The quantitative estimate of drug-likeness (QED) is 0.551. The van der Waals surface area contributed by atoms with Crippen LogP contribution in [0.2, 0.25) is 0 Å². The zero-order valence-electron chi connectivity index (χ0n) is 21.4. The van der Waals surface area contributed by atoms with Crippen molar-refractivity contribution in [3.8, 4) is 0 Å². The van der Waals surface area contributed by atoms with Gasteiger partial charge >= 0.3 is 0 Å². The van der Waals surface area contributed by atoms with Crippen LogP contribution >= 0.6 is 0 Å². The Bertz CT molecular complexity index is 796. The molecule has 2 aliphatic rings. The minimum absolute atomic E-state index is 0.277. The standard InChI is InChI=1S/C30H44N2O2/c1-23(2)28-15-14-24(3)20-29(28)34-22-27(33)21-31-16-18-32(19-17-31)30(25-10-6-4-7-11-25)26-12-8-5-9-13-26/h4-13,23-24,27-30,33H,14-22H2,1-3H3/t24-,27+,28-,29+/m0/s1. The molecule has 0 amide bonds. The third kappa shape index (κ3) is 6.69. The van der Waals surface area contributed by atoms with Gasteiger partial charge in [0.05, 0.1) is 24.9 Å². The van der Waals surface area contributed by atoms with E-state index in [0.29, 0.717) is 31.1 Å². The Morgan fingerprint density at radius 3 is 2.03 bits per heavy atom. The second kappa shape index (κ2) is 12.3. The monoisotopic (exact) mass is 464 g/mol. The molecule has 2 aromatic carbocycles. The number of β-amino-alcohol motifs (C(OH)–C–C–N with tert-alkyl or cyclic N) is 1. The van der Waals surface area contributed by atoms with E-state index < -0.39 is 6.10 Å². The molecular weight excluding hydrogens is 420 g/mol. The molecule has 2 fully saturated rings. The first-order valence-electron chi connectivity index (χ1n) is 13.4. The van der Waals surface area contributed by atoms with Crippen molar-refractivity contribution in [3.63, 3.8) is 0 Å². The van der Waals surface area contributed by atoms with Gasteiger partial charge < -0.3 is 9.84 Å². The number of aliphatic hydroxyl groups excluding tert-OH is 1. The molecule has 0 unspecified atom stereocenters. The Morgan fingerprint density at radius 2 is 1.47 bits per heavy atom. The van der Waals surface area contributed by atoms with E-state index >= 15 is 0 Å². The Balaban J connectivity index is 1.29. The Morgan fingerprint density at radius 1 is 0.882 bits per heavy atom. The van der Waals surface area contributed by atoms with Crippen LogP contribution in [-0.4, -0.2) is 66.4 Å². The second-order valence-corrected chi connectivity index (χ2v) is 10.9. The van der Waals surface area contributed by atoms with Gasteiger partial charge in [-0.1, -0.05) is 87.9 Å². The number of hydrogen-bond donors (Lipinski definition) is 1. The molecule has 0 spiro atoms. The summed E-state index contributed by atoms with van der Waals surface area (Å²) in [5, 5.41) is 10.8. The first kappa shape index (κ1) is 25.4. The van der Waals surface area contributed by atoms with Crippen LogP contribution in [0.25, 0.3) is 0 Å². The Kier molecular flexibility index (Phi) is 9.18. The van der Waals surface area contributed by atoms with Crippen LogP contribution < -0.4 is 0 Å². The number of rotatable bonds is 9. The van der Waals surface area contributed by atoms with Crippen molar-refractivity contribution in [1.29, 1.82) is 0 Å². The van der Waals surface area contributed by atoms with Gasteiger partial charge in [0, 0.05) is 32.7 Å². The van der Waals surface area contributed by atoms with Gasteiger partial charge in [0.15, 0.2) is 0 Å². The van der Waals surface area contributed by atoms with E-state index in [2.05, 4.69) is 91.2 Å². The lowest BCUT2D eigenvalue weighted by atomic mass is 9.75. The smallest absolute Gasteiger partial charge is 0.0900 e. The maximum Gasteiger partial charge on any atom is 0.0900 e. The largest absolute Gasteiger partial charge is 0.389 e. The molecule has 1 aliphatic carbocycles. The van der Waals surface area contributed by atoms with Crippen LogP contribution in [-0.2, 0) is 4.74 Å². The number of hydrogen-bond acceptors (Lipinski definition) is 4. The minimum atomic E-state index is -0.421. The van der Waals surface area contributed by atoms with Crippen LogP contribution in [0.1, 0.15) is 57.2 Å². The summed E-state index contributed by atoms with van der Waals surface area (Å²) < 4.78 is 6.32. The van der Waals surface area contributed by atoms with Crippen LogP contribution in [0.4, 0.5) is 0 Å². The van der Waals surface area contributed by atoms with E-state index in [0.717, 1.165) is 38.5 Å². The fourth-order valence-corrected chi connectivity index (χ4v) is 5.98.